The maximum atomic E-state index is 9.46. The highest BCUT2D eigenvalue weighted by molar-refractivity contribution is 5.01. The largest absolute Gasteiger partial charge is 0.395 e. The van der Waals surface area contributed by atoms with E-state index >= 15 is 0 Å². The van der Waals surface area contributed by atoms with E-state index in [1.165, 1.54) is 167 Å². The van der Waals surface area contributed by atoms with Gasteiger partial charge in [0.2, 0.25) is 0 Å². The van der Waals surface area contributed by atoms with E-state index in [0.717, 1.165) is 38.5 Å². The minimum absolute atomic E-state index is 0.0189. The second-order valence-electron chi connectivity index (χ2n) is 18.3. The Kier molecular flexibility index (Phi) is 29.4. The van der Waals surface area contributed by atoms with Crippen molar-refractivity contribution in [1.29, 1.82) is 0 Å². The van der Waals surface area contributed by atoms with Crippen LogP contribution in [0.4, 0.5) is 0 Å². The second kappa shape index (κ2) is 33.4. The van der Waals surface area contributed by atoms with Gasteiger partial charge >= 0.3 is 0 Å². The summed E-state index contributed by atoms with van der Waals surface area (Å²) in [6, 6.07) is 0.106. The molecule has 1 spiro atoms. The minimum Gasteiger partial charge on any atom is -0.395 e. The molecule has 3 fully saturated rings. The average molecular weight is 812 g/mol. The molecular weight excluding hydrogens is 719 g/mol. The summed E-state index contributed by atoms with van der Waals surface area (Å²) in [6.07, 6.45) is 59.1. The van der Waals surface area contributed by atoms with E-state index in [1.807, 2.05) is 0 Å². The molecule has 0 aromatic rings. The van der Waals surface area contributed by atoms with Crippen molar-refractivity contribution in [1.82, 2.24) is 5.32 Å². The first-order valence-corrected chi connectivity index (χ1v) is 25.1. The molecule has 0 aromatic heterocycles. The lowest BCUT2D eigenvalue weighted by Crippen LogP contribution is -2.52. The Hall–Kier alpha value is -1.28. The van der Waals surface area contributed by atoms with Crippen molar-refractivity contribution in [3.63, 3.8) is 0 Å². The van der Waals surface area contributed by atoms with Gasteiger partial charge in [-0.25, -0.2) is 0 Å². The average Bonchev–Trinajstić information content (AvgIpc) is 3.59. The molecule has 1 saturated heterocycles. The van der Waals surface area contributed by atoms with Crippen molar-refractivity contribution in [2.24, 2.45) is 5.41 Å². The third kappa shape index (κ3) is 22.0. The molecule has 1 aliphatic heterocycles. The monoisotopic (exact) mass is 812 g/mol. The predicted octanol–water partition coefficient (Wildman–Crippen LogP) is 13.6. The molecule has 2 aliphatic carbocycles. The molecule has 2 saturated carbocycles. The fourth-order valence-electron chi connectivity index (χ4n) is 9.78. The first-order chi connectivity index (χ1) is 28.6. The van der Waals surface area contributed by atoms with Crippen LogP contribution in [-0.4, -0.2) is 66.7 Å². The van der Waals surface area contributed by atoms with Gasteiger partial charge in [-0.05, 0) is 102 Å². The first-order valence-electron chi connectivity index (χ1n) is 25.1. The molecule has 0 radical (unpaired) electrons. The molecule has 0 amide bonds. The Morgan fingerprint density at radius 1 is 0.534 bits per heavy atom. The summed E-state index contributed by atoms with van der Waals surface area (Å²) in [4.78, 5) is 0. The lowest BCUT2D eigenvalue weighted by atomic mass is 9.66. The number of nitrogens with one attached hydrogen (secondary N) is 1. The normalized spacial score (nSPS) is 23.1. The van der Waals surface area contributed by atoms with E-state index in [4.69, 9.17) is 14.2 Å². The summed E-state index contributed by atoms with van der Waals surface area (Å²) in [5.74, 6) is -0.453. The lowest BCUT2D eigenvalue weighted by molar-refractivity contribution is -0.208. The maximum absolute atomic E-state index is 9.46. The van der Waals surface area contributed by atoms with Crippen molar-refractivity contribution in [3.05, 3.63) is 48.6 Å². The van der Waals surface area contributed by atoms with Gasteiger partial charge < -0.3 is 29.7 Å². The van der Waals surface area contributed by atoms with E-state index in [-0.39, 0.29) is 37.6 Å². The van der Waals surface area contributed by atoms with E-state index in [2.05, 4.69) is 67.8 Å². The highest BCUT2D eigenvalue weighted by Crippen LogP contribution is 2.53. The smallest absolute Gasteiger partial charge is 0.169 e. The highest BCUT2D eigenvalue weighted by atomic mass is 16.8. The van der Waals surface area contributed by atoms with E-state index < -0.39 is 5.79 Å². The molecule has 1 unspecified atom stereocenters. The van der Waals surface area contributed by atoms with Gasteiger partial charge in [-0.15, -0.1) is 0 Å². The van der Waals surface area contributed by atoms with Crippen molar-refractivity contribution < 1.29 is 24.4 Å². The van der Waals surface area contributed by atoms with E-state index in [9.17, 15) is 10.2 Å². The number of ether oxygens (including phenoxy) is 3. The maximum Gasteiger partial charge on any atom is 0.169 e. The van der Waals surface area contributed by atoms with Gasteiger partial charge in [-0.3, -0.25) is 0 Å². The number of hydrogen-bond acceptors (Lipinski definition) is 6. The Morgan fingerprint density at radius 2 is 0.983 bits per heavy atom. The fourth-order valence-corrected chi connectivity index (χ4v) is 9.78. The Balaban J connectivity index is 1.38. The van der Waals surface area contributed by atoms with Crippen LogP contribution in [0.2, 0.25) is 0 Å². The Labute approximate surface area is 358 Å². The molecule has 0 bridgehead atoms. The number of aliphatic hydroxyl groups excluding tert-OH is 2. The van der Waals surface area contributed by atoms with Crippen LogP contribution >= 0.6 is 0 Å². The van der Waals surface area contributed by atoms with Crippen LogP contribution in [0.15, 0.2) is 48.6 Å². The number of aliphatic hydroxyl groups is 2. The summed E-state index contributed by atoms with van der Waals surface area (Å²) in [6.45, 7) is 5.53. The SMILES string of the molecule is CCCCC/C=C\C/C=C\CCCCCCCCC1(CCCCCCCC/C=C\C/C=C\CCCCC)CCC2(CC1)O[C@H]1CC(OCCO)[C@@H](NCCO)C[C@@H]1O2. The van der Waals surface area contributed by atoms with Crippen LogP contribution in [0.5, 0.6) is 0 Å². The van der Waals surface area contributed by atoms with Gasteiger partial charge in [0.1, 0.15) is 0 Å². The molecule has 6 heteroatoms. The molecule has 58 heavy (non-hydrogen) atoms. The zero-order valence-corrected chi connectivity index (χ0v) is 38.0. The Morgan fingerprint density at radius 3 is 1.45 bits per heavy atom. The van der Waals surface area contributed by atoms with Crippen LogP contribution < -0.4 is 5.32 Å². The van der Waals surface area contributed by atoms with Crippen molar-refractivity contribution in [2.45, 2.75) is 249 Å². The molecule has 3 rings (SSSR count). The Bertz CT molecular complexity index is 1000. The van der Waals surface area contributed by atoms with Gasteiger partial charge in [-0.1, -0.05) is 152 Å². The second-order valence-corrected chi connectivity index (χ2v) is 18.3. The van der Waals surface area contributed by atoms with Crippen LogP contribution in [-0.2, 0) is 14.2 Å². The van der Waals surface area contributed by atoms with E-state index in [1.54, 1.807) is 0 Å². The van der Waals surface area contributed by atoms with Crippen LogP contribution in [0.25, 0.3) is 0 Å². The third-order valence-electron chi connectivity index (χ3n) is 13.4. The zero-order chi connectivity index (χ0) is 41.3. The topological polar surface area (TPSA) is 80.2 Å². The van der Waals surface area contributed by atoms with Crippen molar-refractivity contribution >= 4 is 0 Å². The number of hydrogen-bond donors (Lipinski definition) is 3. The van der Waals surface area contributed by atoms with Crippen molar-refractivity contribution in [3.8, 4) is 0 Å². The first kappa shape index (κ1) is 51.1. The third-order valence-corrected chi connectivity index (χ3v) is 13.4. The fraction of sp³-hybridized carbons (Fsp3) is 0.846. The van der Waals surface area contributed by atoms with Crippen molar-refractivity contribution in [2.75, 3.05) is 26.4 Å². The summed E-state index contributed by atoms with van der Waals surface area (Å²) < 4.78 is 19.8. The molecule has 6 nitrogen and oxygen atoms in total. The van der Waals surface area contributed by atoms with Crippen LogP contribution in [0.1, 0.15) is 219 Å². The lowest BCUT2D eigenvalue weighted by Gasteiger charge is -2.44. The number of unbranched alkanes of at least 4 members (excludes halogenated alkanes) is 18. The quantitative estimate of drug-likeness (QED) is 0.0432. The molecular formula is C52H93NO5. The summed E-state index contributed by atoms with van der Waals surface area (Å²) in [5.41, 5.74) is 0.425. The molecule has 3 N–H and O–H groups in total. The number of rotatable bonds is 36. The molecule has 336 valence electrons. The predicted molar refractivity (Wildman–Crippen MR) is 246 cm³/mol. The zero-order valence-electron chi connectivity index (χ0n) is 38.0. The molecule has 4 atom stereocenters. The standard InChI is InChI=1S/C52H93NO5/c1-3-5-7-9-11-13-15-17-19-21-23-25-27-29-31-33-35-51(36-34-32-30-28-26-24-22-20-18-16-14-12-10-8-6-4-2)37-39-52(40-38-51)57-49-45-47(53-41-42-54)48(56-44-43-55)46-50(49)58-52/h11-14,17-20,47-50,53-55H,3-10,15-16,21-46H2,1-2H3/b13-11-,14-12-,19-17-,20-18-/t47-,48?,49-,50-/m0/s1. The minimum atomic E-state index is -0.453. The van der Waals surface area contributed by atoms with Crippen LogP contribution in [0, 0.1) is 5.41 Å². The van der Waals surface area contributed by atoms with Gasteiger partial charge in [-0.2, -0.15) is 0 Å². The van der Waals surface area contributed by atoms with E-state index in [0.29, 0.717) is 18.6 Å². The molecule has 1 heterocycles. The van der Waals surface area contributed by atoms with Gasteiger partial charge in [0.15, 0.2) is 5.79 Å². The molecule has 3 aliphatic rings. The summed E-state index contributed by atoms with van der Waals surface area (Å²) in [7, 11) is 0. The number of allylic oxidation sites excluding steroid dienone is 8. The summed E-state index contributed by atoms with van der Waals surface area (Å²) in [5, 5.41) is 22.4. The van der Waals surface area contributed by atoms with Crippen LogP contribution in [0.3, 0.4) is 0 Å². The van der Waals surface area contributed by atoms with Gasteiger partial charge in [0, 0.05) is 31.8 Å². The molecule has 0 aromatic carbocycles. The summed E-state index contributed by atoms with van der Waals surface area (Å²) >= 11 is 0. The highest BCUT2D eigenvalue weighted by Gasteiger charge is 2.54. The number of fused-ring (bicyclic) bond motifs is 1. The van der Waals surface area contributed by atoms with Gasteiger partial charge in [0.25, 0.3) is 0 Å². The van der Waals surface area contributed by atoms with Gasteiger partial charge in [0.05, 0.1) is 38.1 Å².